The third-order valence-corrected chi connectivity index (χ3v) is 2.01. The zero-order chi connectivity index (χ0) is 10.2. The van der Waals surface area contributed by atoms with Gasteiger partial charge in [-0.25, -0.2) is 0 Å². The van der Waals surface area contributed by atoms with Gasteiger partial charge in [-0.1, -0.05) is 19.1 Å². The van der Waals surface area contributed by atoms with Gasteiger partial charge < -0.3 is 10.1 Å². The monoisotopic (exact) mass is 193 g/mol. The molecule has 0 atom stereocenters. The molecule has 14 heavy (non-hydrogen) atoms. The third-order valence-electron chi connectivity index (χ3n) is 2.01. The summed E-state index contributed by atoms with van der Waals surface area (Å²) in [5.74, 6) is 0.974. The van der Waals surface area contributed by atoms with Crippen LogP contribution in [0.15, 0.2) is 24.3 Å². The second kappa shape index (κ2) is 6.44. The summed E-state index contributed by atoms with van der Waals surface area (Å²) in [7, 11) is 0. The Labute approximate surface area is 86.3 Å². The normalized spacial score (nSPS) is 10.1. The quantitative estimate of drug-likeness (QED) is 0.700. The summed E-state index contributed by atoms with van der Waals surface area (Å²) >= 11 is 0. The summed E-state index contributed by atoms with van der Waals surface area (Å²) < 4.78 is 5.59. The van der Waals surface area contributed by atoms with Crippen LogP contribution in [0.25, 0.3) is 0 Å². The van der Waals surface area contributed by atoms with Gasteiger partial charge in [-0.15, -0.1) is 0 Å². The van der Waals surface area contributed by atoms with Crippen molar-refractivity contribution in [1.82, 2.24) is 5.32 Å². The van der Waals surface area contributed by atoms with E-state index < -0.39 is 0 Å². The van der Waals surface area contributed by atoms with E-state index in [1.807, 2.05) is 12.1 Å². The molecular formula is C12H19NO. The first-order valence-electron chi connectivity index (χ1n) is 5.23. The molecule has 0 aromatic heterocycles. The third kappa shape index (κ3) is 4.28. The number of aryl methyl sites for hydroxylation is 1. The summed E-state index contributed by atoms with van der Waals surface area (Å²) in [6, 6.07) is 8.16. The molecule has 0 aliphatic heterocycles. The maximum atomic E-state index is 5.59. The molecule has 0 bridgehead atoms. The van der Waals surface area contributed by atoms with E-state index in [4.69, 9.17) is 4.74 Å². The topological polar surface area (TPSA) is 21.3 Å². The van der Waals surface area contributed by atoms with Crippen LogP contribution in [0.2, 0.25) is 0 Å². The lowest BCUT2D eigenvalue weighted by Gasteiger charge is -2.06. The number of benzene rings is 1. The molecule has 0 fully saturated rings. The van der Waals surface area contributed by atoms with Crippen molar-refractivity contribution in [2.24, 2.45) is 0 Å². The van der Waals surface area contributed by atoms with Crippen LogP contribution in [0.5, 0.6) is 5.75 Å². The van der Waals surface area contributed by atoms with Crippen molar-refractivity contribution >= 4 is 0 Å². The molecule has 78 valence electrons. The van der Waals surface area contributed by atoms with E-state index in [1.165, 1.54) is 5.56 Å². The zero-order valence-corrected chi connectivity index (χ0v) is 9.05. The van der Waals surface area contributed by atoms with Gasteiger partial charge in [0.1, 0.15) is 5.75 Å². The summed E-state index contributed by atoms with van der Waals surface area (Å²) in [4.78, 5) is 0. The molecule has 0 unspecified atom stereocenters. The van der Waals surface area contributed by atoms with Crippen LogP contribution in [-0.4, -0.2) is 19.7 Å². The molecule has 0 saturated carbocycles. The van der Waals surface area contributed by atoms with Crippen LogP contribution < -0.4 is 10.1 Å². The second-order valence-electron chi connectivity index (χ2n) is 3.37. The molecule has 0 radical (unpaired) electrons. The highest BCUT2D eigenvalue weighted by Gasteiger charge is 1.93. The van der Waals surface area contributed by atoms with Gasteiger partial charge in [-0.3, -0.25) is 0 Å². The smallest absolute Gasteiger partial charge is 0.119 e. The van der Waals surface area contributed by atoms with Gasteiger partial charge in [0, 0.05) is 0 Å². The van der Waals surface area contributed by atoms with E-state index in [1.54, 1.807) is 0 Å². The van der Waals surface area contributed by atoms with Crippen LogP contribution in [0.4, 0.5) is 0 Å². The Bertz CT molecular complexity index is 260. The van der Waals surface area contributed by atoms with Crippen LogP contribution in [0.3, 0.4) is 0 Å². The molecule has 0 amide bonds. The van der Waals surface area contributed by atoms with Gasteiger partial charge in [0.05, 0.1) is 6.61 Å². The minimum absolute atomic E-state index is 0.788. The number of nitrogens with one attached hydrogen (secondary N) is 1. The lowest BCUT2D eigenvalue weighted by molar-refractivity contribution is 0.308. The van der Waals surface area contributed by atoms with Crippen molar-refractivity contribution in [1.29, 1.82) is 0 Å². The molecule has 1 N–H and O–H groups in total. The van der Waals surface area contributed by atoms with Gasteiger partial charge in [0.2, 0.25) is 0 Å². The highest BCUT2D eigenvalue weighted by atomic mass is 16.5. The van der Waals surface area contributed by atoms with E-state index in [-0.39, 0.29) is 0 Å². The minimum atomic E-state index is 0.788. The highest BCUT2D eigenvalue weighted by Crippen LogP contribution is 2.12. The Morgan fingerprint density at radius 3 is 2.93 bits per heavy atom. The first kappa shape index (κ1) is 11.1. The Morgan fingerprint density at radius 2 is 2.21 bits per heavy atom. The molecule has 2 heteroatoms. The predicted molar refractivity (Wildman–Crippen MR) is 59.8 cm³/mol. The second-order valence-corrected chi connectivity index (χ2v) is 3.37. The van der Waals surface area contributed by atoms with Crippen LogP contribution in [0.1, 0.15) is 18.9 Å². The lowest BCUT2D eigenvalue weighted by Crippen LogP contribution is -2.16. The highest BCUT2D eigenvalue weighted by molar-refractivity contribution is 5.27. The Balaban J connectivity index is 2.18. The van der Waals surface area contributed by atoms with E-state index in [9.17, 15) is 0 Å². The molecule has 1 rings (SSSR count). The van der Waals surface area contributed by atoms with Gasteiger partial charge in [-0.2, -0.15) is 0 Å². The molecule has 0 saturated heterocycles. The predicted octanol–water partition coefficient (Wildman–Crippen LogP) is 2.37. The molecular weight excluding hydrogens is 174 g/mol. The fourth-order valence-corrected chi connectivity index (χ4v) is 1.27. The fourth-order valence-electron chi connectivity index (χ4n) is 1.27. The molecule has 0 aliphatic rings. The Kier molecular flexibility index (Phi) is 5.08. The van der Waals surface area contributed by atoms with Crippen molar-refractivity contribution in [3.05, 3.63) is 29.8 Å². The summed E-state index contributed by atoms with van der Waals surface area (Å²) in [5, 5.41) is 3.27. The average molecular weight is 193 g/mol. The van der Waals surface area contributed by atoms with Crippen molar-refractivity contribution in [2.75, 3.05) is 19.7 Å². The van der Waals surface area contributed by atoms with Crippen LogP contribution >= 0.6 is 0 Å². The maximum Gasteiger partial charge on any atom is 0.119 e. The first-order chi connectivity index (χ1) is 6.83. The molecule has 0 spiro atoms. The first-order valence-corrected chi connectivity index (χ1v) is 5.23. The number of rotatable bonds is 6. The minimum Gasteiger partial charge on any atom is -0.494 e. The Hall–Kier alpha value is -1.02. The molecule has 1 aromatic rings. The molecule has 0 heterocycles. The molecule has 2 nitrogen and oxygen atoms in total. The fraction of sp³-hybridized carbons (Fsp3) is 0.500. The summed E-state index contributed by atoms with van der Waals surface area (Å²) in [6.45, 7) is 7.04. The number of hydrogen-bond donors (Lipinski definition) is 1. The van der Waals surface area contributed by atoms with Gasteiger partial charge in [0.25, 0.3) is 0 Å². The van der Waals surface area contributed by atoms with Gasteiger partial charge in [-0.05, 0) is 44.1 Å². The Morgan fingerprint density at radius 1 is 1.36 bits per heavy atom. The van der Waals surface area contributed by atoms with Gasteiger partial charge >= 0.3 is 0 Å². The summed E-state index contributed by atoms with van der Waals surface area (Å²) in [5.41, 5.74) is 1.24. The SMILES string of the molecule is CCNCCCOc1cccc(C)c1. The van der Waals surface area contributed by atoms with Crippen molar-refractivity contribution < 1.29 is 4.74 Å². The van der Waals surface area contributed by atoms with Gasteiger partial charge in [0.15, 0.2) is 0 Å². The molecule has 0 aliphatic carbocycles. The van der Waals surface area contributed by atoms with Crippen molar-refractivity contribution in [3.8, 4) is 5.75 Å². The van der Waals surface area contributed by atoms with E-state index in [2.05, 4.69) is 31.3 Å². The van der Waals surface area contributed by atoms with E-state index in [0.717, 1.165) is 31.9 Å². The average Bonchev–Trinajstić information content (AvgIpc) is 2.18. The van der Waals surface area contributed by atoms with Crippen molar-refractivity contribution in [2.45, 2.75) is 20.3 Å². The van der Waals surface area contributed by atoms with Crippen LogP contribution in [0, 0.1) is 6.92 Å². The van der Waals surface area contributed by atoms with Crippen LogP contribution in [-0.2, 0) is 0 Å². The standard InChI is InChI=1S/C12H19NO/c1-3-13-8-5-9-14-12-7-4-6-11(2)10-12/h4,6-7,10,13H,3,5,8-9H2,1-2H3. The summed E-state index contributed by atoms with van der Waals surface area (Å²) in [6.07, 6.45) is 1.06. The lowest BCUT2D eigenvalue weighted by atomic mass is 10.2. The van der Waals surface area contributed by atoms with E-state index in [0.29, 0.717) is 0 Å². The van der Waals surface area contributed by atoms with Crippen molar-refractivity contribution in [3.63, 3.8) is 0 Å². The number of ether oxygens (including phenoxy) is 1. The maximum absolute atomic E-state index is 5.59. The number of hydrogen-bond acceptors (Lipinski definition) is 2. The molecule has 1 aromatic carbocycles. The largest absolute Gasteiger partial charge is 0.494 e. The van der Waals surface area contributed by atoms with E-state index >= 15 is 0 Å². The zero-order valence-electron chi connectivity index (χ0n) is 9.05.